The molecule has 0 aromatic carbocycles. The molecule has 0 N–H and O–H groups in total. The quantitative estimate of drug-likeness (QED) is 0.181. The topological polar surface area (TPSA) is 75.1 Å². The van der Waals surface area contributed by atoms with Gasteiger partial charge in [-0.3, -0.25) is 4.79 Å². The summed E-state index contributed by atoms with van der Waals surface area (Å²) < 4.78 is 5.35. The Morgan fingerprint density at radius 1 is 1.33 bits per heavy atom. The fraction of sp³-hybridized carbons (Fsp3) is 0.938. The molecule has 0 fully saturated rings. The maximum Gasteiger partial charge on any atom is 0.306 e. The summed E-state index contributed by atoms with van der Waals surface area (Å²) in [6.45, 7) is 10.3. The highest BCUT2D eigenvalue weighted by Crippen LogP contribution is 2.22. The van der Waals surface area contributed by atoms with Crippen LogP contribution in [0.1, 0.15) is 73.1 Å². The van der Waals surface area contributed by atoms with Crippen LogP contribution in [0.15, 0.2) is 5.11 Å². The number of rotatable bonds is 10. The number of hydrogen-bond donors (Lipinski definition) is 0. The molecule has 122 valence electrons. The summed E-state index contributed by atoms with van der Waals surface area (Å²) in [5, 5.41) is 3.64. The van der Waals surface area contributed by atoms with Crippen LogP contribution in [0.3, 0.4) is 0 Å². The molecule has 0 aromatic heterocycles. The van der Waals surface area contributed by atoms with Gasteiger partial charge in [0.25, 0.3) is 0 Å². The number of ether oxygens (including phenoxy) is 1. The molecule has 0 spiro atoms. The first-order valence-corrected chi connectivity index (χ1v) is 8.01. The molecule has 0 aliphatic rings. The fourth-order valence-electron chi connectivity index (χ4n) is 2.42. The number of esters is 1. The van der Waals surface area contributed by atoms with Gasteiger partial charge in [-0.25, -0.2) is 0 Å². The lowest BCUT2D eigenvalue weighted by Crippen LogP contribution is -2.26. The van der Waals surface area contributed by atoms with Crippen LogP contribution < -0.4 is 0 Å². The maximum absolute atomic E-state index is 11.9. The normalized spacial score (nSPS) is 14.1. The molecule has 0 aromatic rings. The molecule has 2 unspecified atom stereocenters. The summed E-state index contributed by atoms with van der Waals surface area (Å²) in [5.74, 6) is 0.409. The highest BCUT2D eigenvalue weighted by Gasteiger charge is 2.21. The lowest BCUT2D eigenvalue weighted by Gasteiger charge is -2.23. The predicted octanol–water partition coefficient (Wildman–Crippen LogP) is 5.25. The number of carbonyl (C=O) groups excluding carboxylic acids is 1. The second-order valence-corrected chi connectivity index (χ2v) is 6.91. The van der Waals surface area contributed by atoms with Gasteiger partial charge in [0, 0.05) is 17.9 Å². The molecule has 0 radical (unpaired) electrons. The van der Waals surface area contributed by atoms with Gasteiger partial charge in [-0.1, -0.05) is 44.6 Å². The highest BCUT2D eigenvalue weighted by molar-refractivity contribution is 5.70. The van der Waals surface area contributed by atoms with E-state index in [0.29, 0.717) is 18.9 Å². The monoisotopic (exact) mass is 297 g/mol. The first kappa shape index (κ1) is 19.8. The molecule has 0 saturated carbocycles. The summed E-state index contributed by atoms with van der Waals surface area (Å²) in [6, 6.07) is 0. The minimum atomic E-state index is -0.465. The van der Waals surface area contributed by atoms with Crippen molar-refractivity contribution in [2.45, 2.75) is 78.7 Å². The van der Waals surface area contributed by atoms with E-state index in [1.807, 2.05) is 20.8 Å². The maximum atomic E-state index is 11.9. The van der Waals surface area contributed by atoms with Crippen LogP contribution in [0.4, 0.5) is 0 Å². The molecule has 0 heterocycles. The Balaban J connectivity index is 4.37. The van der Waals surface area contributed by atoms with Gasteiger partial charge in [-0.05, 0) is 44.6 Å². The van der Waals surface area contributed by atoms with Crippen LogP contribution in [-0.4, -0.2) is 18.1 Å². The Labute approximate surface area is 129 Å². The molecule has 5 nitrogen and oxygen atoms in total. The van der Waals surface area contributed by atoms with E-state index in [0.717, 1.165) is 12.8 Å². The fourth-order valence-corrected chi connectivity index (χ4v) is 2.42. The summed E-state index contributed by atoms with van der Waals surface area (Å²) in [5.41, 5.74) is 8.02. The number of hydrogen-bond acceptors (Lipinski definition) is 3. The van der Waals surface area contributed by atoms with E-state index in [9.17, 15) is 4.79 Å². The number of unbranched alkanes of at least 4 members (excludes halogenated alkanes) is 2. The summed E-state index contributed by atoms with van der Waals surface area (Å²) in [7, 11) is 0. The van der Waals surface area contributed by atoms with Gasteiger partial charge < -0.3 is 4.74 Å². The third-order valence-electron chi connectivity index (χ3n) is 3.31. The predicted molar refractivity (Wildman–Crippen MR) is 85.9 cm³/mol. The van der Waals surface area contributed by atoms with Crippen LogP contribution in [0.2, 0.25) is 0 Å². The molecule has 2 atom stereocenters. The largest absolute Gasteiger partial charge is 0.460 e. The lowest BCUT2D eigenvalue weighted by atomic mass is 9.90. The molecule has 5 heteroatoms. The van der Waals surface area contributed by atoms with Crippen LogP contribution in [0.5, 0.6) is 0 Å². The van der Waals surface area contributed by atoms with Crippen LogP contribution in [0.25, 0.3) is 10.4 Å². The Hall–Kier alpha value is -1.22. The number of nitrogens with zero attached hydrogens (tertiary/aromatic N) is 3. The Kier molecular flexibility index (Phi) is 9.89. The molecule has 0 bridgehead atoms. The van der Waals surface area contributed by atoms with Crippen LogP contribution >= 0.6 is 0 Å². The molecule has 0 rings (SSSR count). The average molecular weight is 297 g/mol. The minimum Gasteiger partial charge on any atom is -0.460 e. The minimum absolute atomic E-state index is 0.0763. The highest BCUT2D eigenvalue weighted by atomic mass is 16.6. The first-order valence-electron chi connectivity index (χ1n) is 8.01. The number of carbonyl (C=O) groups is 1. The zero-order chi connectivity index (χ0) is 16.3. The molecule has 21 heavy (non-hydrogen) atoms. The van der Waals surface area contributed by atoms with E-state index in [1.54, 1.807) is 0 Å². The lowest BCUT2D eigenvalue weighted by molar-refractivity contribution is -0.156. The van der Waals surface area contributed by atoms with Crippen molar-refractivity contribution >= 4 is 5.97 Å². The molecule has 0 amide bonds. The summed E-state index contributed by atoms with van der Waals surface area (Å²) in [6.07, 6.45) is 6.08. The second-order valence-electron chi connectivity index (χ2n) is 6.91. The standard InChI is InChI=1S/C16H31N3O2/c1-6-7-8-9-13(2)10-14(12-18-19-17)11-15(20)21-16(3,4)5/h13-14H,6-12H2,1-5H3. The van der Waals surface area contributed by atoms with Crippen molar-refractivity contribution < 1.29 is 9.53 Å². The van der Waals surface area contributed by atoms with Gasteiger partial charge >= 0.3 is 5.97 Å². The molecule has 0 aliphatic heterocycles. The van der Waals surface area contributed by atoms with Crippen molar-refractivity contribution in [1.29, 1.82) is 0 Å². The Bertz CT molecular complexity index is 344. The van der Waals surface area contributed by atoms with Crippen molar-refractivity contribution in [3.05, 3.63) is 10.4 Å². The van der Waals surface area contributed by atoms with Gasteiger partial charge in [0.05, 0.1) is 0 Å². The van der Waals surface area contributed by atoms with E-state index < -0.39 is 5.60 Å². The summed E-state index contributed by atoms with van der Waals surface area (Å²) >= 11 is 0. The summed E-state index contributed by atoms with van der Waals surface area (Å²) in [4.78, 5) is 14.7. The third-order valence-corrected chi connectivity index (χ3v) is 3.31. The van der Waals surface area contributed by atoms with E-state index in [1.165, 1.54) is 19.3 Å². The van der Waals surface area contributed by atoms with Gasteiger partial charge in [0.15, 0.2) is 0 Å². The van der Waals surface area contributed by atoms with Gasteiger partial charge in [0.1, 0.15) is 5.60 Å². The van der Waals surface area contributed by atoms with E-state index >= 15 is 0 Å². The molecule has 0 saturated heterocycles. The van der Waals surface area contributed by atoms with Crippen molar-refractivity contribution in [2.75, 3.05) is 6.54 Å². The van der Waals surface area contributed by atoms with Crippen molar-refractivity contribution in [1.82, 2.24) is 0 Å². The second kappa shape index (κ2) is 10.5. The van der Waals surface area contributed by atoms with Crippen LogP contribution in [0, 0.1) is 11.8 Å². The Morgan fingerprint density at radius 2 is 2.00 bits per heavy atom. The molecule has 0 aliphatic carbocycles. The average Bonchev–Trinajstić information content (AvgIpc) is 2.33. The van der Waals surface area contributed by atoms with Crippen molar-refractivity contribution in [3.63, 3.8) is 0 Å². The van der Waals surface area contributed by atoms with Crippen LogP contribution in [-0.2, 0) is 9.53 Å². The smallest absolute Gasteiger partial charge is 0.306 e. The first-order chi connectivity index (χ1) is 9.78. The number of azide groups is 1. The Morgan fingerprint density at radius 3 is 2.52 bits per heavy atom. The van der Waals surface area contributed by atoms with Crippen molar-refractivity contribution in [3.8, 4) is 0 Å². The van der Waals surface area contributed by atoms with E-state index in [2.05, 4.69) is 23.9 Å². The van der Waals surface area contributed by atoms with E-state index in [-0.39, 0.29) is 11.9 Å². The third kappa shape index (κ3) is 12.2. The molecular formula is C16H31N3O2. The zero-order valence-electron chi connectivity index (χ0n) is 14.3. The van der Waals surface area contributed by atoms with Gasteiger partial charge in [-0.2, -0.15) is 0 Å². The van der Waals surface area contributed by atoms with Gasteiger partial charge in [0.2, 0.25) is 0 Å². The van der Waals surface area contributed by atoms with Gasteiger partial charge in [-0.15, -0.1) is 0 Å². The SMILES string of the molecule is CCCCCC(C)CC(CN=[N+]=[N-])CC(=O)OC(C)(C)C. The van der Waals surface area contributed by atoms with Crippen molar-refractivity contribution in [2.24, 2.45) is 17.0 Å². The van der Waals surface area contributed by atoms with E-state index in [4.69, 9.17) is 10.3 Å². The molecular weight excluding hydrogens is 266 g/mol. The zero-order valence-corrected chi connectivity index (χ0v) is 14.3.